The van der Waals surface area contributed by atoms with E-state index in [1.165, 1.54) is 22.5 Å². The molecule has 2 aliphatic heterocycles. The third-order valence-corrected chi connectivity index (χ3v) is 8.30. The first-order valence-electron chi connectivity index (χ1n) is 9.18. The summed E-state index contributed by atoms with van der Waals surface area (Å²) in [5.74, 6) is 0.0881. The van der Waals surface area contributed by atoms with Crippen LogP contribution >= 0.6 is 23.2 Å². The van der Waals surface area contributed by atoms with Crippen molar-refractivity contribution in [1.29, 1.82) is 0 Å². The molecule has 0 saturated carbocycles. The number of carbonyl (C=O) groups excluding carboxylic acids is 1. The number of carbonyl (C=O) groups is 1. The van der Waals surface area contributed by atoms with E-state index in [1.807, 2.05) is 18.7 Å². The van der Waals surface area contributed by atoms with Crippen molar-refractivity contribution in [1.82, 2.24) is 14.5 Å². The molecule has 1 N–H and O–H groups in total. The predicted octanol–water partition coefficient (Wildman–Crippen LogP) is 3.09. The lowest BCUT2D eigenvalue weighted by Crippen LogP contribution is -2.61. The second-order valence-electron chi connectivity index (χ2n) is 7.34. The second-order valence-corrected chi connectivity index (χ2v) is 10.1. The fraction of sp³-hybridized carbons (Fsp3) is 0.611. The van der Waals surface area contributed by atoms with Gasteiger partial charge in [-0.2, -0.15) is 4.31 Å². The third-order valence-electron chi connectivity index (χ3n) is 5.66. The molecule has 150 valence electrons. The predicted molar refractivity (Wildman–Crippen MR) is 106 cm³/mol. The van der Waals surface area contributed by atoms with Crippen molar-refractivity contribution in [3.8, 4) is 0 Å². The van der Waals surface area contributed by atoms with E-state index in [9.17, 15) is 13.2 Å². The number of rotatable bonds is 4. The number of benzene rings is 1. The molecule has 6 nitrogen and oxygen atoms in total. The van der Waals surface area contributed by atoms with E-state index in [2.05, 4.69) is 12.2 Å². The van der Waals surface area contributed by atoms with E-state index in [1.54, 1.807) is 0 Å². The summed E-state index contributed by atoms with van der Waals surface area (Å²) in [5.41, 5.74) is -0.477. The lowest BCUT2D eigenvalue weighted by molar-refractivity contribution is -0.135. The fourth-order valence-corrected chi connectivity index (χ4v) is 5.87. The van der Waals surface area contributed by atoms with E-state index in [4.69, 9.17) is 23.2 Å². The highest BCUT2D eigenvalue weighted by molar-refractivity contribution is 7.89. The van der Waals surface area contributed by atoms with Crippen LogP contribution < -0.4 is 5.32 Å². The molecule has 0 bridgehead atoms. The van der Waals surface area contributed by atoms with Crippen LogP contribution in [0, 0.1) is 0 Å². The van der Waals surface area contributed by atoms with Crippen LogP contribution in [0.15, 0.2) is 23.1 Å². The summed E-state index contributed by atoms with van der Waals surface area (Å²) in [4.78, 5) is 14.7. The number of nitrogens with one attached hydrogen (secondary N) is 1. The normalized spacial score (nSPS) is 24.6. The highest BCUT2D eigenvalue weighted by atomic mass is 35.5. The minimum atomic E-state index is -3.66. The van der Waals surface area contributed by atoms with Crippen LogP contribution in [0.3, 0.4) is 0 Å². The molecular weight excluding hydrogens is 409 g/mol. The largest absolute Gasteiger partial charge is 0.320 e. The van der Waals surface area contributed by atoms with Gasteiger partial charge in [0.1, 0.15) is 0 Å². The maximum absolute atomic E-state index is 13.0. The molecule has 1 amide bonds. The molecule has 2 fully saturated rings. The Bertz CT molecular complexity index is 838. The van der Waals surface area contributed by atoms with Crippen LogP contribution in [0.25, 0.3) is 0 Å². The summed E-state index contributed by atoms with van der Waals surface area (Å²) in [6, 6.07) is 4.20. The van der Waals surface area contributed by atoms with Gasteiger partial charge in [-0.25, -0.2) is 8.42 Å². The van der Waals surface area contributed by atoms with E-state index >= 15 is 0 Å². The Morgan fingerprint density at radius 1 is 1.26 bits per heavy atom. The molecule has 9 heteroatoms. The van der Waals surface area contributed by atoms with E-state index < -0.39 is 15.7 Å². The van der Waals surface area contributed by atoms with Crippen molar-refractivity contribution in [2.24, 2.45) is 0 Å². The van der Waals surface area contributed by atoms with Crippen LogP contribution in [0.2, 0.25) is 10.0 Å². The summed E-state index contributed by atoms with van der Waals surface area (Å²) in [6.45, 7) is 6.63. The van der Waals surface area contributed by atoms with Gasteiger partial charge in [0.25, 0.3) is 0 Å². The molecule has 27 heavy (non-hydrogen) atoms. The smallest absolute Gasteiger partial charge is 0.243 e. The SMILES string of the molecule is CCC(C)N1C(=O)C(C)NC12CCN(S(=O)(=O)c1ccc(Cl)c(Cl)c1)CC2. The molecule has 0 radical (unpaired) electrons. The molecule has 0 aliphatic carbocycles. The van der Waals surface area contributed by atoms with E-state index in [0.29, 0.717) is 31.0 Å². The molecule has 2 unspecified atom stereocenters. The van der Waals surface area contributed by atoms with Crippen molar-refractivity contribution < 1.29 is 13.2 Å². The van der Waals surface area contributed by atoms with Crippen molar-refractivity contribution in [3.63, 3.8) is 0 Å². The number of sulfonamides is 1. The minimum Gasteiger partial charge on any atom is -0.320 e. The number of hydrogen-bond donors (Lipinski definition) is 1. The molecule has 1 spiro atoms. The topological polar surface area (TPSA) is 69.7 Å². The number of amides is 1. The Kier molecular flexibility index (Phi) is 5.81. The van der Waals surface area contributed by atoms with Crippen molar-refractivity contribution in [3.05, 3.63) is 28.2 Å². The zero-order chi connectivity index (χ0) is 20.0. The highest BCUT2D eigenvalue weighted by Crippen LogP contribution is 2.36. The van der Waals surface area contributed by atoms with E-state index in [-0.39, 0.29) is 27.9 Å². The lowest BCUT2D eigenvalue weighted by Gasteiger charge is -2.46. The standard InChI is InChI=1S/C18H25Cl2N3O3S/c1-4-12(2)23-17(24)13(3)21-18(23)7-9-22(10-8-18)27(25,26)14-5-6-15(19)16(20)11-14/h5-6,11-13,21H,4,7-10H2,1-3H3. The van der Waals surface area contributed by atoms with Gasteiger partial charge >= 0.3 is 0 Å². The zero-order valence-corrected chi connectivity index (χ0v) is 18.0. The maximum atomic E-state index is 13.0. The molecule has 2 heterocycles. The molecule has 2 aliphatic rings. The second kappa shape index (κ2) is 7.52. The number of piperidine rings is 1. The number of hydrogen-bond acceptors (Lipinski definition) is 4. The Morgan fingerprint density at radius 2 is 1.89 bits per heavy atom. The lowest BCUT2D eigenvalue weighted by atomic mass is 9.95. The molecule has 3 rings (SSSR count). The summed E-state index contributed by atoms with van der Waals surface area (Å²) >= 11 is 11.9. The average Bonchev–Trinajstić information content (AvgIpc) is 2.87. The number of nitrogens with zero attached hydrogens (tertiary/aromatic N) is 2. The third kappa shape index (κ3) is 3.60. The average molecular weight is 434 g/mol. The summed E-state index contributed by atoms with van der Waals surface area (Å²) in [7, 11) is -3.66. The van der Waals surface area contributed by atoms with Gasteiger partial charge in [-0.15, -0.1) is 0 Å². The molecule has 0 aromatic heterocycles. The molecule has 1 aromatic carbocycles. The molecular formula is C18H25Cl2N3O3S. The zero-order valence-electron chi connectivity index (χ0n) is 15.7. The van der Waals surface area contributed by atoms with Gasteiger partial charge in [0.05, 0.1) is 26.6 Å². The Balaban J connectivity index is 1.81. The first-order valence-corrected chi connectivity index (χ1v) is 11.4. The summed E-state index contributed by atoms with van der Waals surface area (Å²) in [5, 5.41) is 3.96. The first-order chi connectivity index (χ1) is 12.6. The van der Waals surface area contributed by atoms with Gasteiger partial charge in [0.15, 0.2) is 0 Å². The molecule has 1 aromatic rings. The monoisotopic (exact) mass is 433 g/mol. The van der Waals surface area contributed by atoms with Crippen LogP contribution in [0.1, 0.15) is 40.0 Å². The van der Waals surface area contributed by atoms with Gasteiger partial charge in [-0.3, -0.25) is 10.1 Å². The van der Waals surface area contributed by atoms with E-state index in [0.717, 1.165) is 6.42 Å². The van der Waals surface area contributed by atoms with Gasteiger partial charge in [-0.1, -0.05) is 30.1 Å². The number of halogens is 2. The molecule has 2 saturated heterocycles. The first kappa shape index (κ1) is 20.9. The van der Waals surface area contributed by atoms with Gasteiger partial charge in [0, 0.05) is 19.1 Å². The van der Waals surface area contributed by atoms with Crippen molar-refractivity contribution >= 4 is 39.1 Å². The Morgan fingerprint density at radius 3 is 2.44 bits per heavy atom. The summed E-state index contributed by atoms with van der Waals surface area (Å²) < 4.78 is 27.4. The minimum absolute atomic E-state index is 0.0881. The van der Waals surface area contributed by atoms with Crippen LogP contribution in [0.4, 0.5) is 0 Å². The fourth-order valence-electron chi connectivity index (χ4n) is 4.04. The Hall–Kier alpha value is -0.860. The van der Waals surface area contributed by atoms with Gasteiger partial charge in [-0.05, 0) is 51.3 Å². The van der Waals surface area contributed by atoms with Crippen molar-refractivity contribution in [2.45, 2.75) is 62.7 Å². The molecule has 2 atom stereocenters. The Labute approximate surface area is 170 Å². The van der Waals surface area contributed by atoms with Crippen LogP contribution in [0.5, 0.6) is 0 Å². The summed E-state index contributed by atoms with van der Waals surface area (Å²) in [6.07, 6.45) is 1.95. The van der Waals surface area contributed by atoms with Gasteiger partial charge < -0.3 is 4.90 Å². The van der Waals surface area contributed by atoms with Crippen LogP contribution in [-0.4, -0.2) is 54.4 Å². The highest BCUT2D eigenvalue weighted by Gasteiger charge is 2.52. The van der Waals surface area contributed by atoms with Crippen molar-refractivity contribution in [2.75, 3.05) is 13.1 Å². The maximum Gasteiger partial charge on any atom is 0.243 e. The van der Waals surface area contributed by atoms with Crippen LogP contribution in [-0.2, 0) is 14.8 Å². The quantitative estimate of drug-likeness (QED) is 0.791. The van der Waals surface area contributed by atoms with Gasteiger partial charge in [0.2, 0.25) is 15.9 Å².